The van der Waals surface area contributed by atoms with Crippen LogP contribution in [0.1, 0.15) is 13.8 Å². The summed E-state index contributed by atoms with van der Waals surface area (Å²) in [6.45, 7) is 3.99. The molecular weight excluding hydrogens is 214 g/mol. The second-order valence-electron chi connectivity index (χ2n) is 3.96. The number of carbonyl (C=O) groups excluding carboxylic acids is 1. The molecule has 4 nitrogen and oxygen atoms in total. The van der Waals surface area contributed by atoms with Crippen LogP contribution in [0.2, 0.25) is 5.02 Å². The number of carbonyl (C=O) groups is 1. The molecule has 0 fully saturated rings. The van der Waals surface area contributed by atoms with Crippen LogP contribution in [0.5, 0.6) is 0 Å². The van der Waals surface area contributed by atoms with Gasteiger partial charge in [0.05, 0.1) is 16.1 Å². The number of hydrogen-bond donors (Lipinski definition) is 2. The average molecular weight is 228 g/mol. The van der Waals surface area contributed by atoms with Gasteiger partial charge in [0.1, 0.15) is 0 Å². The Hall–Kier alpha value is -1.29. The Morgan fingerprint density at radius 3 is 2.87 bits per heavy atom. The largest absolute Gasteiger partial charge is 0.383 e. The highest BCUT2D eigenvalue weighted by atomic mass is 35.5. The number of aromatic nitrogens is 1. The number of nitrogens with two attached hydrogens (primary N) is 1. The van der Waals surface area contributed by atoms with Gasteiger partial charge in [0.25, 0.3) is 0 Å². The summed E-state index contributed by atoms with van der Waals surface area (Å²) in [5.74, 6) is -0.347. The molecule has 0 aromatic carbocycles. The van der Waals surface area contributed by atoms with Crippen LogP contribution >= 0.6 is 11.6 Å². The molecular formula is C10H14ClN3O. The molecule has 0 atom stereocenters. The number of hydrogen-bond acceptors (Lipinski definition) is 3. The van der Waals surface area contributed by atoms with Crippen molar-refractivity contribution < 1.29 is 4.79 Å². The summed E-state index contributed by atoms with van der Waals surface area (Å²) >= 11 is 5.89. The van der Waals surface area contributed by atoms with Crippen molar-refractivity contribution in [2.75, 3.05) is 11.9 Å². The predicted octanol–water partition coefficient (Wildman–Crippen LogP) is 1.66. The van der Waals surface area contributed by atoms with Crippen molar-refractivity contribution >= 4 is 23.2 Å². The maximum Gasteiger partial charge on any atom is 0.224 e. The van der Waals surface area contributed by atoms with Crippen molar-refractivity contribution in [1.29, 1.82) is 0 Å². The number of amides is 1. The highest BCUT2D eigenvalue weighted by Gasteiger charge is 2.24. The molecule has 1 heterocycles. The lowest BCUT2D eigenvalue weighted by Gasteiger charge is -2.21. The minimum Gasteiger partial charge on any atom is -0.383 e. The Morgan fingerprint density at radius 2 is 2.33 bits per heavy atom. The third-order valence-corrected chi connectivity index (χ3v) is 2.46. The third kappa shape index (κ3) is 3.09. The van der Waals surface area contributed by atoms with Crippen LogP contribution in [0.4, 0.5) is 5.69 Å². The van der Waals surface area contributed by atoms with Gasteiger partial charge in [-0.2, -0.15) is 0 Å². The highest BCUT2D eigenvalue weighted by molar-refractivity contribution is 6.33. The van der Waals surface area contributed by atoms with E-state index in [0.29, 0.717) is 11.6 Å². The van der Waals surface area contributed by atoms with Gasteiger partial charge < -0.3 is 11.1 Å². The second kappa shape index (κ2) is 4.49. The van der Waals surface area contributed by atoms with E-state index in [4.69, 9.17) is 17.3 Å². The van der Waals surface area contributed by atoms with Crippen LogP contribution in [0.25, 0.3) is 0 Å². The van der Waals surface area contributed by atoms with Gasteiger partial charge in [-0.25, -0.2) is 0 Å². The van der Waals surface area contributed by atoms with Crippen LogP contribution in [0, 0.1) is 5.41 Å². The minimum atomic E-state index is -0.605. The maximum absolute atomic E-state index is 11.1. The van der Waals surface area contributed by atoms with E-state index in [1.54, 1.807) is 32.3 Å². The maximum atomic E-state index is 11.1. The van der Waals surface area contributed by atoms with E-state index in [0.717, 1.165) is 5.69 Å². The quantitative estimate of drug-likeness (QED) is 0.822. The van der Waals surface area contributed by atoms with Crippen LogP contribution in [-0.4, -0.2) is 17.4 Å². The lowest BCUT2D eigenvalue weighted by Crippen LogP contribution is -2.37. The van der Waals surface area contributed by atoms with Gasteiger partial charge in [-0.1, -0.05) is 11.6 Å². The summed E-state index contributed by atoms with van der Waals surface area (Å²) in [5, 5.41) is 3.59. The van der Waals surface area contributed by atoms with Crippen molar-refractivity contribution in [3.05, 3.63) is 23.5 Å². The molecule has 0 aliphatic carbocycles. The normalized spacial score (nSPS) is 11.1. The van der Waals surface area contributed by atoms with E-state index in [-0.39, 0.29) is 5.91 Å². The number of primary amides is 1. The zero-order valence-electron chi connectivity index (χ0n) is 8.75. The van der Waals surface area contributed by atoms with Crippen molar-refractivity contribution in [1.82, 2.24) is 4.98 Å². The molecule has 0 unspecified atom stereocenters. The topological polar surface area (TPSA) is 68.0 Å². The second-order valence-corrected chi connectivity index (χ2v) is 4.36. The monoisotopic (exact) mass is 227 g/mol. The lowest BCUT2D eigenvalue weighted by atomic mass is 9.93. The predicted molar refractivity (Wildman–Crippen MR) is 60.7 cm³/mol. The van der Waals surface area contributed by atoms with Crippen molar-refractivity contribution in [2.24, 2.45) is 11.1 Å². The number of rotatable bonds is 4. The molecule has 1 aromatic rings. The minimum absolute atomic E-state index is 0.347. The first-order valence-electron chi connectivity index (χ1n) is 4.57. The summed E-state index contributed by atoms with van der Waals surface area (Å²) in [7, 11) is 0. The van der Waals surface area contributed by atoms with Crippen molar-refractivity contribution in [2.45, 2.75) is 13.8 Å². The molecule has 0 saturated carbocycles. The first kappa shape index (κ1) is 11.8. The average Bonchev–Trinajstić information content (AvgIpc) is 2.16. The van der Waals surface area contributed by atoms with Gasteiger partial charge in [0.15, 0.2) is 0 Å². The van der Waals surface area contributed by atoms with E-state index in [1.807, 2.05) is 0 Å². The lowest BCUT2D eigenvalue weighted by molar-refractivity contribution is -0.125. The number of pyridine rings is 1. The zero-order valence-corrected chi connectivity index (χ0v) is 9.51. The highest BCUT2D eigenvalue weighted by Crippen LogP contribution is 2.22. The van der Waals surface area contributed by atoms with Gasteiger partial charge in [0, 0.05) is 18.9 Å². The summed E-state index contributed by atoms with van der Waals surface area (Å²) < 4.78 is 0. The van der Waals surface area contributed by atoms with E-state index in [2.05, 4.69) is 10.3 Å². The number of halogens is 1. The van der Waals surface area contributed by atoms with Crippen LogP contribution in [0.3, 0.4) is 0 Å². The molecule has 15 heavy (non-hydrogen) atoms. The fourth-order valence-electron chi connectivity index (χ4n) is 0.922. The standard InChI is InChI=1S/C10H14ClN3O/c1-10(2,9(12)15)6-14-8-3-4-13-5-7(8)11/h3-5H,6H2,1-2H3,(H2,12,15)(H,13,14). The Bertz CT molecular complexity index is 365. The molecule has 1 aromatic heterocycles. The molecule has 1 rings (SSSR count). The van der Waals surface area contributed by atoms with E-state index in [1.165, 1.54) is 0 Å². The fraction of sp³-hybridized carbons (Fsp3) is 0.400. The van der Waals surface area contributed by atoms with E-state index < -0.39 is 5.41 Å². The van der Waals surface area contributed by atoms with Crippen LogP contribution in [0.15, 0.2) is 18.5 Å². The van der Waals surface area contributed by atoms with Crippen molar-refractivity contribution in [3.63, 3.8) is 0 Å². The number of anilines is 1. The van der Waals surface area contributed by atoms with Crippen LogP contribution < -0.4 is 11.1 Å². The summed E-state index contributed by atoms with van der Waals surface area (Å²) in [4.78, 5) is 14.9. The zero-order chi connectivity index (χ0) is 11.5. The summed E-state index contributed by atoms with van der Waals surface area (Å²) in [5.41, 5.74) is 5.39. The van der Waals surface area contributed by atoms with Gasteiger partial charge in [0.2, 0.25) is 5.91 Å². The van der Waals surface area contributed by atoms with Gasteiger partial charge in [-0.3, -0.25) is 9.78 Å². The summed E-state index contributed by atoms with van der Waals surface area (Å²) in [6.07, 6.45) is 3.17. The van der Waals surface area contributed by atoms with Gasteiger partial charge in [-0.05, 0) is 19.9 Å². The number of nitrogens with one attached hydrogen (secondary N) is 1. The first-order chi connectivity index (χ1) is 6.93. The van der Waals surface area contributed by atoms with Crippen LogP contribution in [-0.2, 0) is 4.79 Å². The number of nitrogens with zero attached hydrogens (tertiary/aromatic N) is 1. The molecule has 0 aliphatic heterocycles. The molecule has 5 heteroatoms. The van der Waals surface area contributed by atoms with Gasteiger partial charge >= 0.3 is 0 Å². The molecule has 82 valence electrons. The van der Waals surface area contributed by atoms with Gasteiger partial charge in [-0.15, -0.1) is 0 Å². The molecule has 1 amide bonds. The molecule has 0 saturated heterocycles. The Morgan fingerprint density at radius 1 is 1.67 bits per heavy atom. The van der Waals surface area contributed by atoms with E-state index in [9.17, 15) is 4.79 Å². The Labute approximate surface area is 93.8 Å². The van der Waals surface area contributed by atoms with Crippen molar-refractivity contribution in [3.8, 4) is 0 Å². The first-order valence-corrected chi connectivity index (χ1v) is 4.94. The smallest absolute Gasteiger partial charge is 0.224 e. The third-order valence-electron chi connectivity index (χ3n) is 2.16. The Kier molecular flexibility index (Phi) is 3.52. The molecule has 3 N–H and O–H groups in total. The fourth-order valence-corrected chi connectivity index (χ4v) is 1.11. The molecule has 0 bridgehead atoms. The summed E-state index contributed by atoms with van der Waals surface area (Å²) in [6, 6.07) is 1.75. The molecule has 0 spiro atoms. The SMILES string of the molecule is CC(C)(CNc1ccncc1Cl)C(N)=O. The molecule has 0 radical (unpaired) electrons. The molecule has 0 aliphatic rings. The Balaban J connectivity index is 2.66. The van der Waals surface area contributed by atoms with E-state index >= 15 is 0 Å².